The Morgan fingerprint density at radius 3 is 2.67 bits per heavy atom. The summed E-state index contributed by atoms with van der Waals surface area (Å²) in [7, 11) is 0. The van der Waals surface area contributed by atoms with Crippen LogP contribution >= 0.6 is 0 Å². The van der Waals surface area contributed by atoms with Gasteiger partial charge in [-0.2, -0.15) is 0 Å². The van der Waals surface area contributed by atoms with Crippen LogP contribution in [0.3, 0.4) is 0 Å². The number of aliphatic hydroxyl groups is 1. The van der Waals surface area contributed by atoms with Gasteiger partial charge in [0.2, 0.25) is 0 Å². The molecule has 0 bridgehead atoms. The normalized spacial score (nSPS) is 11.9. The molecule has 0 fully saturated rings. The highest BCUT2D eigenvalue weighted by Gasteiger charge is 1.72. The molecule has 1 N–H and O–H groups in total. The van der Waals surface area contributed by atoms with Crippen LogP contribution in [0.2, 0.25) is 0 Å². The lowest BCUT2D eigenvalue weighted by Gasteiger charge is -1.97. The SMILES string of the molecule is C/C=C/OO/C=C(\[O-])O. The number of hydrogen-bond acceptors (Lipinski definition) is 4. The van der Waals surface area contributed by atoms with Crippen LogP contribution in [0.1, 0.15) is 6.92 Å². The van der Waals surface area contributed by atoms with E-state index in [-0.39, 0.29) is 0 Å². The summed E-state index contributed by atoms with van der Waals surface area (Å²) in [5, 5.41) is 17.6. The topological polar surface area (TPSA) is 61.8 Å². The van der Waals surface area contributed by atoms with Crippen molar-refractivity contribution in [1.29, 1.82) is 0 Å². The summed E-state index contributed by atoms with van der Waals surface area (Å²) in [6, 6.07) is 0. The van der Waals surface area contributed by atoms with Crippen molar-refractivity contribution >= 4 is 0 Å². The van der Waals surface area contributed by atoms with Gasteiger partial charge in [-0.3, -0.25) is 9.78 Å². The van der Waals surface area contributed by atoms with E-state index in [1.165, 1.54) is 6.26 Å². The summed E-state index contributed by atoms with van der Waals surface area (Å²) in [6.07, 6.45) is 3.33. The first-order valence-corrected chi connectivity index (χ1v) is 2.27. The summed E-state index contributed by atoms with van der Waals surface area (Å²) < 4.78 is 0. The van der Waals surface area contributed by atoms with Gasteiger partial charge < -0.3 is 10.2 Å². The zero-order valence-corrected chi connectivity index (χ0v) is 4.90. The van der Waals surface area contributed by atoms with Crippen LogP contribution in [0.4, 0.5) is 0 Å². The first-order valence-electron chi connectivity index (χ1n) is 2.27. The molecule has 4 nitrogen and oxygen atoms in total. The maximum absolute atomic E-state index is 9.68. The van der Waals surface area contributed by atoms with E-state index in [1.54, 1.807) is 13.0 Å². The van der Waals surface area contributed by atoms with E-state index >= 15 is 0 Å². The number of hydrogen-bond donors (Lipinski definition) is 1. The molecule has 0 amide bonds. The predicted octanol–water partition coefficient (Wildman–Crippen LogP) is 0.185. The second-order valence-corrected chi connectivity index (χ2v) is 1.12. The summed E-state index contributed by atoms with van der Waals surface area (Å²) in [5.41, 5.74) is 0. The van der Waals surface area contributed by atoms with Crippen LogP contribution in [-0.2, 0) is 9.78 Å². The van der Waals surface area contributed by atoms with Gasteiger partial charge in [0.15, 0.2) is 6.26 Å². The maximum Gasteiger partial charge on any atom is 0.164 e. The molecule has 0 heterocycles. The van der Waals surface area contributed by atoms with E-state index in [4.69, 9.17) is 5.11 Å². The molecule has 0 saturated heterocycles. The average molecular weight is 131 g/mol. The summed E-state index contributed by atoms with van der Waals surface area (Å²) in [6.45, 7) is 1.71. The Labute approximate surface area is 52.6 Å². The molecule has 0 radical (unpaired) electrons. The van der Waals surface area contributed by atoms with Gasteiger partial charge in [0.1, 0.15) is 6.26 Å². The smallest absolute Gasteiger partial charge is 0.164 e. The number of allylic oxidation sites excluding steroid dienone is 1. The molecule has 0 aromatic heterocycles. The molecule has 0 atom stereocenters. The first kappa shape index (κ1) is 7.68. The Morgan fingerprint density at radius 2 is 2.22 bits per heavy atom. The van der Waals surface area contributed by atoms with Gasteiger partial charge in [0, 0.05) is 0 Å². The summed E-state index contributed by atoms with van der Waals surface area (Å²) >= 11 is 0. The Bertz CT molecular complexity index is 112. The minimum atomic E-state index is -1.18. The molecule has 0 unspecified atom stereocenters. The lowest BCUT2D eigenvalue weighted by atomic mass is 10.7. The van der Waals surface area contributed by atoms with Gasteiger partial charge in [-0.25, -0.2) is 0 Å². The van der Waals surface area contributed by atoms with Crippen molar-refractivity contribution in [1.82, 2.24) is 0 Å². The quantitative estimate of drug-likeness (QED) is 0.257. The van der Waals surface area contributed by atoms with E-state index in [0.29, 0.717) is 6.26 Å². The van der Waals surface area contributed by atoms with Crippen molar-refractivity contribution in [3.63, 3.8) is 0 Å². The first-order chi connectivity index (χ1) is 4.27. The summed E-state index contributed by atoms with van der Waals surface area (Å²) in [5.74, 6) is -1.18. The van der Waals surface area contributed by atoms with Crippen LogP contribution in [0.15, 0.2) is 24.5 Å². The molecule has 0 aromatic rings. The zero-order valence-electron chi connectivity index (χ0n) is 4.90. The van der Waals surface area contributed by atoms with E-state index < -0.39 is 5.95 Å². The largest absolute Gasteiger partial charge is 0.627 e. The third-order valence-corrected chi connectivity index (χ3v) is 0.396. The van der Waals surface area contributed by atoms with Crippen LogP contribution in [0, 0.1) is 0 Å². The van der Waals surface area contributed by atoms with Gasteiger partial charge in [-0.05, 0) is 13.0 Å². The molecule has 0 rings (SSSR count). The van der Waals surface area contributed by atoms with E-state index in [2.05, 4.69) is 9.78 Å². The predicted molar refractivity (Wildman–Crippen MR) is 27.7 cm³/mol. The minimum absolute atomic E-state index is 0.542. The molecule has 0 aliphatic rings. The average Bonchev–Trinajstić information content (AvgIpc) is 1.80. The maximum atomic E-state index is 9.68. The van der Waals surface area contributed by atoms with Crippen LogP contribution in [0.25, 0.3) is 0 Å². The second-order valence-electron chi connectivity index (χ2n) is 1.12. The lowest BCUT2D eigenvalue weighted by Crippen LogP contribution is -2.01. The van der Waals surface area contributed by atoms with Crippen molar-refractivity contribution in [2.75, 3.05) is 0 Å². The molecule has 0 aliphatic carbocycles. The van der Waals surface area contributed by atoms with Gasteiger partial charge in [0.25, 0.3) is 0 Å². The number of aliphatic hydroxyl groups excluding tert-OH is 1. The van der Waals surface area contributed by atoms with E-state index in [9.17, 15) is 5.11 Å². The second kappa shape index (κ2) is 4.83. The van der Waals surface area contributed by atoms with Crippen molar-refractivity contribution < 1.29 is 20.0 Å². The fourth-order valence-electron chi connectivity index (χ4n) is 0.157. The van der Waals surface area contributed by atoms with Crippen molar-refractivity contribution in [2.45, 2.75) is 6.92 Å². The van der Waals surface area contributed by atoms with Crippen molar-refractivity contribution in [3.8, 4) is 0 Å². The molecule has 0 aromatic carbocycles. The number of rotatable bonds is 3. The van der Waals surface area contributed by atoms with E-state index in [1.807, 2.05) is 0 Å². The lowest BCUT2D eigenvalue weighted by molar-refractivity contribution is -0.357. The molecule has 4 heteroatoms. The van der Waals surface area contributed by atoms with E-state index in [0.717, 1.165) is 0 Å². The third-order valence-electron chi connectivity index (χ3n) is 0.396. The zero-order chi connectivity index (χ0) is 7.11. The van der Waals surface area contributed by atoms with Gasteiger partial charge in [-0.1, -0.05) is 0 Å². The fraction of sp³-hybridized carbons (Fsp3) is 0.200. The van der Waals surface area contributed by atoms with Crippen LogP contribution in [-0.4, -0.2) is 5.11 Å². The highest BCUT2D eigenvalue weighted by Crippen LogP contribution is 1.82. The van der Waals surface area contributed by atoms with Crippen LogP contribution in [0.5, 0.6) is 0 Å². The Morgan fingerprint density at radius 1 is 1.56 bits per heavy atom. The van der Waals surface area contributed by atoms with Crippen molar-refractivity contribution in [2.24, 2.45) is 0 Å². The van der Waals surface area contributed by atoms with Gasteiger partial charge in [-0.15, -0.1) is 0 Å². The Hall–Kier alpha value is -1.32. The Balaban J connectivity index is 3.20. The molecule has 9 heavy (non-hydrogen) atoms. The van der Waals surface area contributed by atoms with Gasteiger partial charge >= 0.3 is 0 Å². The van der Waals surface area contributed by atoms with Crippen molar-refractivity contribution in [3.05, 3.63) is 24.5 Å². The molecular weight excluding hydrogens is 124 g/mol. The molecule has 0 saturated carbocycles. The highest BCUT2D eigenvalue weighted by atomic mass is 17.2. The highest BCUT2D eigenvalue weighted by molar-refractivity contribution is 4.66. The standard InChI is InChI=1S/C5H8O4/c1-2-3-8-9-4-5(6)7/h2-4,6-7H,1H3/p-1/b3-2+. The minimum Gasteiger partial charge on any atom is -0.627 e. The van der Waals surface area contributed by atoms with Crippen LogP contribution < -0.4 is 5.11 Å². The fourth-order valence-corrected chi connectivity index (χ4v) is 0.157. The third kappa shape index (κ3) is 6.68. The molecule has 52 valence electrons. The monoisotopic (exact) mass is 131 g/mol. The Kier molecular flexibility index (Phi) is 4.12. The molecular formula is C5H7O4-. The molecule has 0 spiro atoms. The van der Waals surface area contributed by atoms with Gasteiger partial charge in [0.05, 0.1) is 5.95 Å². The summed E-state index contributed by atoms with van der Waals surface area (Å²) in [4.78, 5) is 8.20. The molecule has 0 aliphatic heterocycles.